The summed E-state index contributed by atoms with van der Waals surface area (Å²) >= 11 is 12.7. The van der Waals surface area contributed by atoms with E-state index in [0.29, 0.717) is 45.5 Å². The molecular formula is C23H18Cl2N8O2. The van der Waals surface area contributed by atoms with Gasteiger partial charge in [-0.2, -0.15) is 0 Å². The second-order valence-corrected chi connectivity index (χ2v) is 9.13. The first kappa shape index (κ1) is 21.6. The van der Waals surface area contributed by atoms with E-state index in [1.165, 1.54) is 6.20 Å². The number of benzene rings is 1. The number of pyridine rings is 2. The summed E-state index contributed by atoms with van der Waals surface area (Å²) in [5.41, 5.74) is 9.30. The molecule has 0 aliphatic carbocycles. The molecule has 5 aromatic rings. The number of aromatic nitrogens is 5. The molecule has 12 heteroatoms. The summed E-state index contributed by atoms with van der Waals surface area (Å²) in [5, 5.41) is 16.1. The molecule has 1 atom stereocenters. The maximum Gasteiger partial charge on any atom is 0.253 e. The van der Waals surface area contributed by atoms with Crippen LogP contribution in [0.25, 0.3) is 27.7 Å². The number of nitrogen functional groups attached to an aromatic ring is 1. The molecule has 1 saturated heterocycles. The van der Waals surface area contributed by atoms with E-state index in [-0.39, 0.29) is 17.8 Å². The van der Waals surface area contributed by atoms with Gasteiger partial charge < -0.3 is 20.5 Å². The molecule has 1 fully saturated rings. The van der Waals surface area contributed by atoms with Crippen molar-refractivity contribution in [3.8, 4) is 11.1 Å². The average molecular weight is 509 g/mol. The van der Waals surface area contributed by atoms with Crippen LogP contribution in [0.5, 0.6) is 0 Å². The molecule has 1 aromatic carbocycles. The predicted molar refractivity (Wildman–Crippen MR) is 133 cm³/mol. The number of nitrogens with two attached hydrogens (primary N) is 1. The van der Waals surface area contributed by atoms with E-state index in [4.69, 9.17) is 33.5 Å². The Morgan fingerprint density at radius 2 is 2.03 bits per heavy atom. The monoisotopic (exact) mass is 508 g/mol. The molecule has 0 saturated carbocycles. The van der Waals surface area contributed by atoms with E-state index in [2.05, 4.69) is 25.7 Å². The number of nitrogens with zero attached hydrogens (tertiary/aromatic N) is 6. The Morgan fingerprint density at radius 1 is 1.17 bits per heavy atom. The normalized spacial score (nSPS) is 15.8. The zero-order valence-corrected chi connectivity index (χ0v) is 19.7. The second kappa shape index (κ2) is 8.40. The van der Waals surface area contributed by atoms with Crippen molar-refractivity contribution < 1.29 is 9.32 Å². The summed E-state index contributed by atoms with van der Waals surface area (Å²) in [6.45, 7) is 1.22. The van der Waals surface area contributed by atoms with Gasteiger partial charge in [-0.3, -0.25) is 9.20 Å². The van der Waals surface area contributed by atoms with E-state index in [1.807, 2.05) is 33.7 Å². The van der Waals surface area contributed by atoms with Crippen LogP contribution in [0.15, 0.2) is 53.6 Å². The Labute approximate surface area is 208 Å². The van der Waals surface area contributed by atoms with Crippen molar-refractivity contribution in [3.05, 3.63) is 64.7 Å². The highest BCUT2D eigenvalue weighted by Gasteiger charge is 2.29. The Hall–Kier alpha value is -3.89. The van der Waals surface area contributed by atoms with Crippen molar-refractivity contribution in [2.24, 2.45) is 0 Å². The van der Waals surface area contributed by atoms with Gasteiger partial charge in [-0.25, -0.2) is 4.98 Å². The van der Waals surface area contributed by atoms with Crippen molar-refractivity contribution in [2.45, 2.75) is 12.5 Å². The number of carbonyl (C=O) groups is 1. The van der Waals surface area contributed by atoms with Gasteiger partial charge in [0, 0.05) is 31.5 Å². The SMILES string of the molecule is Nc1noc2c(N3CC[C@@H](NC(=O)c4ccc(-c5ccc6nncn6c5)cc4Cl)C3)ncc(Cl)c12. The van der Waals surface area contributed by atoms with Crippen LogP contribution >= 0.6 is 23.2 Å². The van der Waals surface area contributed by atoms with E-state index in [0.717, 1.165) is 23.2 Å². The number of fused-ring (bicyclic) bond motifs is 2. The molecule has 3 N–H and O–H groups in total. The highest BCUT2D eigenvalue weighted by Crippen LogP contribution is 2.35. The van der Waals surface area contributed by atoms with Gasteiger partial charge in [0.2, 0.25) is 5.58 Å². The molecular weight excluding hydrogens is 491 g/mol. The molecule has 1 aliphatic rings. The number of rotatable bonds is 4. The van der Waals surface area contributed by atoms with Crippen molar-refractivity contribution in [2.75, 3.05) is 23.7 Å². The molecule has 5 heterocycles. The van der Waals surface area contributed by atoms with Crippen LogP contribution in [-0.2, 0) is 0 Å². The number of hydrogen-bond acceptors (Lipinski definition) is 8. The lowest BCUT2D eigenvalue weighted by molar-refractivity contribution is 0.0940. The van der Waals surface area contributed by atoms with Crippen molar-refractivity contribution in [3.63, 3.8) is 0 Å². The van der Waals surface area contributed by atoms with E-state index in [1.54, 1.807) is 18.5 Å². The van der Waals surface area contributed by atoms with Gasteiger partial charge in [-0.15, -0.1) is 10.2 Å². The maximum absolute atomic E-state index is 13.0. The third-order valence-electron chi connectivity index (χ3n) is 6.12. The Morgan fingerprint density at radius 3 is 2.89 bits per heavy atom. The van der Waals surface area contributed by atoms with Gasteiger partial charge in [0.25, 0.3) is 5.91 Å². The zero-order valence-electron chi connectivity index (χ0n) is 18.2. The van der Waals surface area contributed by atoms with Gasteiger partial charge in [0.1, 0.15) is 6.33 Å². The number of amides is 1. The van der Waals surface area contributed by atoms with E-state index < -0.39 is 0 Å². The minimum atomic E-state index is -0.235. The van der Waals surface area contributed by atoms with Gasteiger partial charge in [-0.05, 0) is 41.8 Å². The summed E-state index contributed by atoms with van der Waals surface area (Å²) in [7, 11) is 0. The van der Waals surface area contributed by atoms with E-state index in [9.17, 15) is 4.79 Å². The Bertz CT molecular complexity index is 1600. The van der Waals surface area contributed by atoms with Gasteiger partial charge in [-0.1, -0.05) is 34.4 Å². The molecule has 176 valence electrons. The lowest BCUT2D eigenvalue weighted by Gasteiger charge is -2.18. The molecule has 4 aromatic heterocycles. The van der Waals surface area contributed by atoms with Crippen LogP contribution in [0.4, 0.5) is 11.6 Å². The van der Waals surface area contributed by atoms with Crippen LogP contribution in [0.2, 0.25) is 10.0 Å². The third-order valence-corrected chi connectivity index (χ3v) is 6.72. The van der Waals surface area contributed by atoms with Crippen LogP contribution in [0.3, 0.4) is 0 Å². The number of nitrogens with one attached hydrogen (secondary N) is 1. The summed E-state index contributed by atoms with van der Waals surface area (Å²) < 4.78 is 7.19. The number of carbonyl (C=O) groups excluding carboxylic acids is 1. The first-order valence-electron chi connectivity index (χ1n) is 10.8. The van der Waals surface area contributed by atoms with Crippen LogP contribution in [0, 0.1) is 0 Å². The van der Waals surface area contributed by atoms with Crippen LogP contribution < -0.4 is 16.0 Å². The minimum absolute atomic E-state index is 0.0952. The van der Waals surface area contributed by atoms with Crippen molar-refractivity contribution in [1.29, 1.82) is 0 Å². The zero-order chi connectivity index (χ0) is 24.1. The highest BCUT2D eigenvalue weighted by atomic mass is 35.5. The first-order chi connectivity index (χ1) is 17.0. The second-order valence-electron chi connectivity index (χ2n) is 8.32. The summed E-state index contributed by atoms with van der Waals surface area (Å²) in [6.07, 6.45) is 5.81. The quantitative estimate of drug-likeness (QED) is 0.374. The molecule has 0 radical (unpaired) electrons. The number of halogens is 2. The van der Waals surface area contributed by atoms with E-state index >= 15 is 0 Å². The fraction of sp³-hybridized carbons (Fsp3) is 0.174. The maximum atomic E-state index is 13.0. The minimum Gasteiger partial charge on any atom is -0.380 e. The molecule has 1 aliphatic heterocycles. The summed E-state index contributed by atoms with van der Waals surface area (Å²) in [5.74, 6) is 0.580. The predicted octanol–water partition coefficient (Wildman–Crippen LogP) is 3.83. The third kappa shape index (κ3) is 3.80. The van der Waals surface area contributed by atoms with Gasteiger partial charge >= 0.3 is 0 Å². The molecule has 0 bridgehead atoms. The fourth-order valence-corrected chi connectivity index (χ4v) is 4.86. The molecule has 1 amide bonds. The number of anilines is 2. The van der Waals surface area contributed by atoms with Crippen molar-refractivity contribution in [1.82, 2.24) is 30.1 Å². The highest BCUT2D eigenvalue weighted by molar-refractivity contribution is 6.36. The summed E-state index contributed by atoms with van der Waals surface area (Å²) in [4.78, 5) is 19.4. The van der Waals surface area contributed by atoms with Crippen LogP contribution in [0.1, 0.15) is 16.8 Å². The average Bonchev–Trinajstić information content (AvgIpc) is 3.59. The lowest BCUT2D eigenvalue weighted by atomic mass is 10.0. The summed E-state index contributed by atoms with van der Waals surface area (Å²) in [6, 6.07) is 9.10. The topological polar surface area (TPSA) is 127 Å². The lowest BCUT2D eigenvalue weighted by Crippen LogP contribution is -2.37. The molecule has 0 unspecified atom stereocenters. The van der Waals surface area contributed by atoms with Gasteiger partial charge in [0.15, 0.2) is 17.3 Å². The number of hydrogen-bond donors (Lipinski definition) is 2. The van der Waals surface area contributed by atoms with Gasteiger partial charge in [0.05, 0.1) is 21.0 Å². The van der Waals surface area contributed by atoms with Crippen molar-refractivity contribution >= 4 is 57.4 Å². The van der Waals surface area contributed by atoms with Crippen LogP contribution in [-0.4, -0.2) is 49.8 Å². The smallest absolute Gasteiger partial charge is 0.253 e. The molecule has 35 heavy (non-hydrogen) atoms. The fourth-order valence-electron chi connectivity index (χ4n) is 4.36. The molecule has 6 rings (SSSR count). The Balaban J connectivity index is 1.17. The molecule has 0 spiro atoms. The Kier molecular flexibility index (Phi) is 5.19. The standard InChI is InChI=1S/C23H18Cl2N8O2/c24-16-7-12(13-2-4-18-30-28-11-33(18)9-13)1-3-15(16)23(34)29-14-5-6-32(10-14)22-20-19(17(25)8-27-22)21(26)31-35-20/h1-4,7-9,11,14H,5-6,10H2,(H2,26,31)(H,29,34)/t14-/m1/s1. The molecule has 10 nitrogen and oxygen atoms in total. The largest absolute Gasteiger partial charge is 0.380 e. The first-order valence-corrected chi connectivity index (χ1v) is 11.6.